The molecular weight excluding hydrogens is 326 g/mol. The Morgan fingerprint density at radius 2 is 2.12 bits per heavy atom. The van der Waals surface area contributed by atoms with Crippen LogP contribution in [0, 0.1) is 17.2 Å². The van der Waals surface area contributed by atoms with E-state index in [0.717, 1.165) is 57.3 Å². The van der Waals surface area contributed by atoms with Gasteiger partial charge in [0.15, 0.2) is 0 Å². The predicted octanol–water partition coefficient (Wildman–Crippen LogP) is 1.87. The van der Waals surface area contributed by atoms with Gasteiger partial charge in [0.2, 0.25) is 5.91 Å². The summed E-state index contributed by atoms with van der Waals surface area (Å²) in [4.78, 5) is 23.9. The van der Waals surface area contributed by atoms with Gasteiger partial charge in [0.1, 0.15) is 17.6 Å². The van der Waals surface area contributed by atoms with Crippen LogP contribution in [0.1, 0.15) is 37.8 Å². The summed E-state index contributed by atoms with van der Waals surface area (Å²) in [6, 6.07) is 7.77. The Bertz CT molecular complexity index is 725. The molecule has 1 atom stereocenters. The van der Waals surface area contributed by atoms with E-state index in [1.165, 1.54) is 12.8 Å². The second kappa shape index (κ2) is 6.88. The van der Waals surface area contributed by atoms with Crippen molar-refractivity contribution in [2.75, 3.05) is 44.7 Å². The molecule has 3 aliphatic rings. The predicted molar refractivity (Wildman–Crippen MR) is 99.7 cm³/mol. The van der Waals surface area contributed by atoms with Crippen LogP contribution in [0.2, 0.25) is 0 Å². The average Bonchev–Trinajstić information content (AvgIpc) is 3.50. The number of pyridine rings is 1. The number of carbonyl (C=O) groups excluding carboxylic acids is 1. The molecule has 4 rings (SSSR count). The lowest BCUT2D eigenvalue weighted by Crippen LogP contribution is -2.61. The van der Waals surface area contributed by atoms with Crippen LogP contribution >= 0.6 is 0 Å². The van der Waals surface area contributed by atoms with Gasteiger partial charge in [-0.1, -0.05) is 6.07 Å². The summed E-state index contributed by atoms with van der Waals surface area (Å²) in [5.41, 5.74) is 0.471. The lowest BCUT2D eigenvalue weighted by atomic mass is 9.86. The summed E-state index contributed by atoms with van der Waals surface area (Å²) in [6.07, 6.45) is 5.11. The number of carbonyl (C=O) groups is 1. The fraction of sp³-hybridized carbons (Fsp3) is 0.650. The first-order valence-corrected chi connectivity index (χ1v) is 9.71. The molecular formula is C20H27N5O. The van der Waals surface area contributed by atoms with Gasteiger partial charge in [0, 0.05) is 44.7 Å². The Morgan fingerprint density at radius 3 is 2.88 bits per heavy atom. The normalized spacial score (nSPS) is 27.5. The van der Waals surface area contributed by atoms with Gasteiger partial charge in [0.25, 0.3) is 0 Å². The third-order valence-electron chi connectivity index (χ3n) is 6.35. The van der Waals surface area contributed by atoms with Crippen molar-refractivity contribution in [3.8, 4) is 6.07 Å². The highest BCUT2D eigenvalue weighted by molar-refractivity contribution is 5.76. The van der Waals surface area contributed by atoms with E-state index in [1.807, 2.05) is 12.1 Å². The van der Waals surface area contributed by atoms with Crippen molar-refractivity contribution >= 4 is 11.7 Å². The lowest BCUT2D eigenvalue weighted by molar-refractivity contribution is -0.130. The van der Waals surface area contributed by atoms with E-state index in [1.54, 1.807) is 6.07 Å². The van der Waals surface area contributed by atoms with Crippen LogP contribution in [0.15, 0.2) is 18.2 Å². The van der Waals surface area contributed by atoms with Crippen LogP contribution in [0.25, 0.3) is 0 Å². The molecule has 6 nitrogen and oxygen atoms in total. The average molecular weight is 353 g/mol. The number of aromatic nitrogens is 1. The van der Waals surface area contributed by atoms with Crippen LogP contribution < -0.4 is 4.90 Å². The monoisotopic (exact) mass is 353 g/mol. The fourth-order valence-corrected chi connectivity index (χ4v) is 4.36. The van der Waals surface area contributed by atoms with Gasteiger partial charge in [-0.05, 0) is 50.8 Å². The van der Waals surface area contributed by atoms with Crippen LogP contribution in [0.5, 0.6) is 0 Å². The van der Waals surface area contributed by atoms with E-state index in [9.17, 15) is 4.79 Å². The number of amides is 1. The number of anilines is 1. The van der Waals surface area contributed by atoms with Crippen molar-refractivity contribution < 1.29 is 4.79 Å². The third kappa shape index (κ3) is 3.41. The van der Waals surface area contributed by atoms with Gasteiger partial charge >= 0.3 is 0 Å². The van der Waals surface area contributed by atoms with Gasteiger partial charge < -0.3 is 9.80 Å². The summed E-state index contributed by atoms with van der Waals surface area (Å²) in [6.45, 7) is 4.54. The molecule has 0 radical (unpaired) electrons. The molecule has 0 N–H and O–H groups in total. The van der Waals surface area contributed by atoms with Crippen LogP contribution in [0.4, 0.5) is 5.82 Å². The number of likely N-dealkylation sites (tertiary alicyclic amines) is 1. The molecule has 3 heterocycles. The quantitative estimate of drug-likeness (QED) is 0.830. The smallest absolute Gasteiger partial charge is 0.222 e. The molecule has 1 aromatic heterocycles. The zero-order chi connectivity index (χ0) is 18.1. The van der Waals surface area contributed by atoms with Crippen molar-refractivity contribution in [3.63, 3.8) is 0 Å². The number of hydrogen-bond acceptors (Lipinski definition) is 5. The minimum atomic E-state index is 0.0105. The number of likely N-dealkylation sites (N-methyl/N-ethyl adjacent to an activating group) is 1. The zero-order valence-electron chi connectivity index (χ0n) is 15.5. The largest absolute Gasteiger partial charge is 0.353 e. The van der Waals surface area contributed by atoms with Crippen LogP contribution in [-0.2, 0) is 4.79 Å². The molecule has 1 saturated carbocycles. The highest BCUT2D eigenvalue weighted by Gasteiger charge is 2.43. The second-order valence-corrected chi connectivity index (χ2v) is 8.09. The van der Waals surface area contributed by atoms with E-state index < -0.39 is 0 Å². The van der Waals surface area contributed by atoms with E-state index in [0.29, 0.717) is 18.0 Å². The zero-order valence-corrected chi connectivity index (χ0v) is 15.5. The number of nitrogens with zero attached hydrogens (tertiary/aromatic N) is 5. The number of nitriles is 1. The number of rotatable bonds is 3. The summed E-state index contributed by atoms with van der Waals surface area (Å²) >= 11 is 0. The molecule has 2 aliphatic heterocycles. The summed E-state index contributed by atoms with van der Waals surface area (Å²) in [7, 11) is 2.19. The first kappa shape index (κ1) is 17.3. The number of hydrogen-bond donors (Lipinski definition) is 0. The second-order valence-electron chi connectivity index (χ2n) is 8.09. The van der Waals surface area contributed by atoms with Gasteiger partial charge in [-0.2, -0.15) is 5.26 Å². The topological polar surface area (TPSA) is 63.5 Å². The van der Waals surface area contributed by atoms with Gasteiger partial charge in [0.05, 0.1) is 0 Å². The van der Waals surface area contributed by atoms with Gasteiger partial charge in [-0.25, -0.2) is 4.98 Å². The molecule has 26 heavy (non-hydrogen) atoms. The fourth-order valence-electron chi connectivity index (χ4n) is 4.36. The Kier molecular flexibility index (Phi) is 4.58. The highest BCUT2D eigenvalue weighted by atomic mass is 16.2. The van der Waals surface area contributed by atoms with Crippen molar-refractivity contribution in [1.82, 2.24) is 14.8 Å². The molecule has 3 fully saturated rings. The molecule has 6 heteroatoms. The summed E-state index contributed by atoms with van der Waals surface area (Å²) in [5, 5.41) is 9.13. The molecule has 2 saturated heterocycles. The van der Waals surface area contributed by atoms with E-state index in [2.05, 4.69) is 32.8 Å². The maximum atomic E-state index is 12.6. The van der Waals surface area contributed by atoms with Crippen molar-refractivity contribution in [2.45, 2.75) is 37.6 Å². The van der Waals surface area contributed by atoms with E-state index in [-0.39, 0.29) is 5.54 Å². The number of piperazine rings is 1. The summed E-state index contributed by atoms with van der Waals surface area (Å²) < 4.78 is 0. The van der Waals surface area contributed by atoms with Crippen molar-refractivity contribution in [2.24, 2.45) is 5.92 Å². The molecule has 0 unspecified atom stereocenters. The standard InChI is InChI=1S/C20H27N5O/c1-23-11-12-25(18-4-2-3-17(13-21)22-18)15-20(23)8-7-19(26)24(10-9-20)14-16-5-6-16/h2-4,16H,5-12,14-15H2,1H3/t20-/m1/s1. The molecule has 0 aromatic carbocycles. The molecule has 1 spiro atoms. The SMILES string of the molecule is CN1CCN(c2cccc(C#N)n2)C[C@]12CCC(=O)N(CC1CC1)CC2. The lowest BCUT2D eigenvalue weighted by Gasteiger charge is -2.49. The van der Waals surface area contributed by atoms with Gasteiger partial charge in [-0.3, -0.25) is 9.69 Å². The van der Waals surface area contributed by atoms with E-state index in [4.69, 9.17) is 5.26 Å². The highest BCUT2D eigenvalue weighted by Crippen LogP contribution is 2.35. The maximum absolute atomic E-state index is 12.6. The van der Waals surface area contributed by atoms with E-state index >= 15 is 0 Å². The maximum Gasteiger partial charge on any atom is 0.222 e. The van der Waals surface area contributed by atoms with Crippen LogP contribution in [0.3, 0.4) is 0 Å². The molecule has 1 amide bonds. The first-order chi connectivity index (χ1) is 12.6. The van der Waals surface area contributed by atoms with Gasteiger partial charge in [-0.15, -0.1) is 0 Å². The van der Waals surface area contributed by atoms with Crippen LogP contribution in [-0.4, -0.2) is 66.0 Å². The first-order valence-electron chi connectivity index (χ1n) is 9.71. The Hall–Kier alpha value is -2.13. The minimum Gasteiger partial charge on any atom is -0.353 e. The third-order valence-corrected chi connectivity index (χ3v) is 6.35. The van der Waals surface area contributed by atoms with Crippen molar-refractivity contribution in [1.29, 1.82) is 5.26 Å². The Balaban J connectivity index is 1.52. The molecule has 138 valence electrons. The molecule has 1 aromatic rings. The summed E-state index contributed by atoms with van der Waals surface area (Å²) in [5.74, 6) is 1.94. The molecule has 0 bridgehead atoms. The molecule has 1 aliphatic carbocycles. The van der Waals surface area contributed by atoms with Crippen molar-refractivity contribution in [3.05, 3.63) is 23.9 Å². The minimum absolute atomic E-state index is 0.0105. The Morgan fingerprint density at radius 1 is 1.27 bits per heavy atom. The Labute approximate surface area is 155 Å².